The lowest BCUT2D eigenvalue weighted by atomic mass is 9.86. The van der Waals surface area contributed by atoms with Gasteiger partial charge in [-0.25, -0.2) is 0 Å². The van der Waals surface area contributed by atoms with Crippen LogP contribution in [0, 0.1) is 0 Å². The fourth-order valence-corrected chi connectivity index (χ4v) is 1.94. The summed E-state index contributed by atoms with van der Waals surface area (Å²) in [6, 6.07) is 6.49. The molecule has 17 heavy (non-hydrogen) atoms. The molecular formula is C15H21NO. The zero-order valence-corrected chi connectivity index (χ0v) is 11.1. The Hall–Kier alpha value is -1.28. The second kappa shape index (κ2) is 4.53. The van der Waals surface area contributed by atoms with E-state index in [0.717, 1.165) is 18.7 Å². The van der Waals surface area contributed by atoms with Gasteiger partial charge in [0.15, 0.2) is 0 Å². The number of hydrogen-bond acceptors (Lipinski definition) is 2. The molecule has 1 aromatic heterocycles. The van der Waals surface area contributed by atoms with Crippen LogP contribution in [0.1, 0.15) is 38.8 Å². The highest BCUT2D eigenvalue weighted by molar-refractivity contribution is 5.82. The van der Waals surface area contributed by atoms with Crippen molar-refractivity contribution in [1.29, 1.82) is 0 Å². The first kappa shape index (κ1) is 12.2. The lowest BCUT2D eigenvalue weighted by Crippen LogP contribution is -2.12. The van der Waals surface area contributed by atoms with Gasteiger partial charge in [-0.15, -0.1) is 0 Å². The molecule has 2 rings (SSSR count). The zero-order valence-electron chi connectivity index (χ0n) is 11.1. The van der Waals surface area contributed by atoms with E-state index in [2.05, 4.69) is 51.2 Å². The summed E-state index contributed by atoms with van der Waals surface area (Å²) in [4.78, 5) is 0. The van der Waals surface area contributed by atoms with Crippen LogP contribution in [0.25, 0.3) is 11.0 Å². The third-order valence-corrected chi connectivity index (χ3v) is 3.09. The van der Waals surface area contributed by atoms with Crippen molar-refractivity contribution in [3.8, 4) is 0 Å². The highest BCUT2D eigenvalue weighted by Crippen LogP contribution is 2.28. The smallest absolute Gasteiger partial charge is 0.134 e. The van der Waals surface area contributed by atoms with Crippen molar-refractivity contribution in [3.05, 3.63) is 35.6 Å². The van der Waals surface area contributed by atoms with E-state index in [1.165, 1.54) is 16.5 Å². The summed E-state index contributed by atoms with van der Waals surface area (Å²) in [7, 11) is 0. The minimum absolute atomic E-state index is 0.181. The fraction of sp³-hybridized carbons (Fsp3) is 0.467. The molecule has 2 heteroatoms. The maximum atomic E-state index is 5.57. The molecular weight excluding hydrogens is 210 g/mol. The lowest BCUT2D eigenvalue weighted by Gasteiger charge is -2.18. The van der Waals surface area contributed by atoms with Crippen molar-refractivity contribution in [2.75, 3.05) is 6.54 Å². The van der Waals surface area contributed by atoms with Crippen molar-refractivity contribution in [3.63, 3.8) is 0 Å². The molecule has 0 saturated carbocycles. The molecule has 0 aliphatic rings. The van der Waals surface area contributed by atoms with Crippen LogP contribution in [0.3, 0.4) is 0 Å². The van der Waals surface area contributed by atoms with Crippen molar-refractivity contribution >= 4 is 11.0 Å². The van der Waals surface area contributed by atoms with Crippen LogP contribution in [0.4, 0.5) is 0 Å². The van der Waals surface area contributed by atoms with Crippen LogP contribution >= 0.6 is 0 Å². The Morgan fingerprint density at radius 3 is 2.65 bits per heavy atom. The Labute approximate surface area is 103 Å². The second-order valence-electron chi connectivity index (χ2n) is 5.50. The van der Waals surface area contributed by atoms with E-state index >= 15 is 0 Å². The molecule has 2 nitrogen and oxygen atoms in total. The first-order chi connectivity index (χ1) is 8.02. The molecule has 0 atom stereocenters. The number of furan rings is 1. The molecule has 0 amide bonds. The van der Waals surface area contributed by atoms with E-state index in [4.69, 9.17) is 4.42 Å². The Balaban J connectivity index is 2.43. The van der Waals surface area contributed by atoms with Crippen molar-refractivity contribution < 1.29 is 4.42 Å². The first-order valence-electron chi connectivity index (χ1n) is 6.23. The molecule has 2 aromatic rings. The standard InChI is InChI=1S/C15H21NO/c1-5-16-9-11-10-17-14-7-6-12(8-13(11)14)15(2,3)4/h6-8,10,16H,5,9H2,1-4H3. The SMILES string of the molecule is CCNCc1coc2ccc(C(C)(C)C)cc12. The molecule has 1 heterocycles. The molecule has 92 valence electrons. The highest BCUT2D eigenvalue weighted by atomic mass is 16.3. The molecule has 0 aliphatic heterocycles. The minimum Gasteiger partial charge on any atom is -0.464 e. The Bertz CT molecular complexity index is 505. The van der Waals surface area contributed by atoms with Crippen molar-refractivity contribution in [1.82, 2.24) is 5.32 Å². The number of rotatable bonds is 3. The average molecular weight is 231 g/mol. The predicted octanol–water partition coefficient (Wildman–Crippen LogP) is 3.84. The molecule has 0 saturated heterocycles. The third-order valence-electron chi connectivity index (χ3n) is 3.09. The van der Waals surface area contributed by atoms with Gasteiger partial charge >= 0.3 is 0 Å². The molecule has 1 aromatic carbocycles. The molecule has 0 bridgehead atoms. The summed E-state index contributed by atoms with van der Waals surface area (Å²) < 4.78 is 5.57. The monoisotopic (exact) mass is 231 g/mol. The van der Waals surface area contributed by atoms with E-state index < -0.39 is 0 Å². The van der Waals surface area contributed by atoms with Crippen LogP contribution in [0.2, 0.25) is 0 Å². The Morgan fingerprint density at radius 2 is 2.00 bits per heavy atom. The van der Waals surface area contributed by atoms with Crippen molar-refractivity contribution in [2.24, 2.45) is 0 Å². The summed E-state index contributed by atoms with van der Waals surface area (Å²) >= 11 is 0. The Morgan fingerprint density at radius 1 is 1.24 bits per heavy atom. The van der Waals surface area contributed by atoms with Gasteiger partial charge in [-0.1, -0.05) is 33.8 Å². The molecule has 0 unspecified atom stereocenters. The van der Waals surface area contributed by atoms with E-state index in [9.17, 15) is 0 Å². The van der Waals surface area contributed by atoms with E-state index in [1.807, 2.05) is 6.26 Å². The summed E-state index contributed by atoms with van der Waals surface area (Å²) in [6.07, 6.45) is 1.86. The van der Waals surface area contributed by atoms with Gasteiger partial charge in [0.1, 0.15) is 5.58 Å². The molecule has 0 fully saturated rings. The van der Waals surface area contributed by atoms with E-state index in [-0.39, 0.29) is 5.41 Å². The lowest BCUT2D eigenvalue weighted by molar-refractivity contribution is 0.589. The van der Waals surface area contributed by atoms with Crippen LogP contribution < -0.4 is 5.32 Å². The van der Waals surface area contributed by atoms with Gasteiger partial charge in [0.05, 0.1) is 6.26 Å². The third kappa shape index (κ3) is 2.52. The summed E-state index contributed by atoms with van der Waals surface area (Å²) in [6.45, 7) is 10.7. The maximum Gasteiger partial charge on any atom is 0.134 e. The molecule has 0 aliphatic carbocycles. The van der Waals surface area contributed by atoms with Gasteiger partial charge in [0.25, 0.3) is 0 Å². The average Bonchev–Trinajstić information content (AvgIpc) is 2.67. The molecule has 0 radical (unpaired) electrons. The van der Waals surface area contributed by atoms with E-state index in [1.54, 1.807) is 0 Å². The van der Waals surface area contributed by atoms with Gasteiger partial charge in [-0.2, -0.15) is 0 Å². The van der Waals surface area contributed by atoms with Gasteiger partial charge < -0.3 is 9.73 Å². The summed E-state index contributed by atoms with van der Waals surface area (Å²) in [5.41, 5.74) is 3.75. The molecule has 0 spiro atoms. The fourth-order valence-electron chi connectivity index (χ4n) is 1.94. The minimum atomic E-state index is 0.181. The van der Waals surface area contributed by atoms with Gasteiger partial charge in [0.2, 0.25) is 0 Å². The number of benzene rings is 1. The molecule has 1 N–H and O–H groups in total. The number of fused-ring (bicyclic) bond motifs is 1. The quantitative estimate of drug-likeness (QED) is 0.868. The number of hydrogen-bond donors (Lipinski definition) is 1. The summed E-state index contributed by atoms with van der Waals surface area (Å²) in [5, 5.41) is 4.58. The predicted molar refractivity (Wildman–Crippen MR) is 72.3 cm³/mol. The van der Waals surface area contributed by atoms with Gasteiger partial charge in [-0.3, -0.25) is 0 Å². The topological polar surface area (TPSA) is 25.2 Å². The van der Waals surface area contributed by atoms with Crippen LogP contribution in [-0.4, -0.2) is 6.54 Å². The van der Waals surface area contributed by atoms with Crippen molar-refractivity contribution in [2.45, 2.75) is 39.7 Å². The second-order valence-corrected chi connectivity index (χ2v) is 5.50. The summed E-state index contributed by atoms with van der Waals surface area (Å²) in [5.74, 6) is 0. The maximum absolute atomic E-state index is 5.57. The first-order valence-corrected chi connectivity index (χ1v) is 6.23. The largest absolute Gasteiger partial charge is 0.464 e. The van der Waals surface area contributed by atoms with Gasteiger partial charge in [-0.05, 0) is 29.7 Å². The van der Waals surface area contributed by atoms with E-state index in [0.29, 0.717) is 0 Å². The van der Waals surface area contributed by atoms with Gasteiger partial charge in [0, 0.05) is 17.5 Å². The van der Waals surface area contributed by atoms with Crippen LogP contribution in [0.5, 0.6) is 0 Å². The zero-order chi connectivity index (χ0) is 12.5. The number of nitrogens with one attached hydrogen (secondary N) is 1. The normalized spacial score (nSPS) is 12.2. The van der Waals surface area contributed by atoms with Crippen LogP contribution in [-0.2, 0) is 12.0 Å². The highest BCUT2D eigenvalue weighted by Gasteiger charge is 2.15. The van der Waals surface area contributed by atoms with Crippen LogP contribution in [0.15, 0.2) is 28.9 Å². The Kier molecular flexibility index (Phi) is 3.25.